The summed E-state index contributed by atoms with van der Waals surface area (Å²) in [6.45, 7) is 6.38. The van der Waals surface area contributed by atoms with Gasteiger partial charge in [0.1, 0.15) is 18.0 Å². The fourth-order valence-electron chi connectivity index (χ4n) is 5.47. The highest BCUT2D eigenvalue weighted by molar-refractivity contribution is 5.84. The van der Waals surface area contributed by atoms with Gasteiger partial charge in [-0.3, -0.25) is 4.90 Å². The highest BCUT2D eigenvalue weighted by Gasteiger charge is 2.35. The van der Waals surface area contributed by atoms with Gasteiger partial charge in [0, 0.05) is 19.0 Å². The Morgan fingerprint density at radius 2 is 1.65 bits per heavy atom. The number of carboxylic acids is 1. The van der Waals surface area contributed by atoms with Gasteiger partial charge in [-0.1, -0.05) is 48.5 Å². The summed E-state index contributed by atoms with van der Waals surface area (Å²) in [7, 11) is 0. The monoisotopic (exact) mass is 546 g/mol. The number of ether oxygens (including phenoxy) is 2. The minimum atomic E-state index is -1.19. The predicted molar refractivity (Wildman–Crippen MR) is 147 cm³/mol. The van der Waals surface area contributed by atoms with E-state index >= 15 is 0 Å². The molecule has 40 heavy (non-hydrogen) atoms. The van der Waals surface area contributed by atoms with Crippen molar-refractivity contribution in [2.45, 2.75) is 57.7 Å². The van der Waals surface area contributed by atoms with Gasteiger partial charge in [0.2, 0.25) is 5.76 Å². The molecule has 0 radical (unpaired) electrons. The third kappa shape index (κ3) is 5.83. The first-order valence-electron chi connectivity index (χ1n) is 13.5. The van der Waals surface area contributed by atoms with Crippen LogP contribution in [0.25, 0.3) is 11.1 Å². The molecule has 1 fully saturated rings. The minimum Gasteiger partial charge on any atom is -0.475 e. The number of furan rings is 1. The number of carbonyl (C=O) groups excluding carboxylic acids is 2. The van der Waals surface area contributed by atoms with Crippen LogP contribution in [0.3, 0.4) is 0 Å². The number of likely N-dealkylation sites (tertiary alicyclic amines) is 1. The largest absolute Gasteiger partial charge is 0.475 e. The Labute approximate surface area is 233 Å². The zero-order chi connectivity index (χ0) is 28.4. The van der Waals surface area contributed by atoms with Crippen molar-refractivity contribution in [3.8, 4) is 11.1 Å². The number of rotatable bonds is 6. The summed E-state index contributed by atoms with van der Waals surface area (Å²) in [6, 6.07) is 18.8. The van der Waals surface area contributed by atoms with Crippen molar-refractivity contribution in [3.63, 3.8) is 0 Å². The van der Waals surface area contributed by atoms with E-state index in [1.54, 1.807) is 11.0 Å². The fraction of sp³-hybridized carbons (Fsp3) is 0.387. The van der Waals surface area contributed by atoms with Gasteiger partial charge in [-0.2, -0.15) is 0 Å². The van der Waals surface area contributed by atoms with Crippen molar-refractivity contribution < 1.29 is 33.4 Å². The molecule has 2 aromatic carbocycles. The number of nitrogens with zero attached hydrogens (tertiary/aromatic N) is 2. The van der Waals surface area contributed by atoms with Crippen molar-refractivity contribution >= 4 is 18.2 Å². The quantitative estimate of drug-likeness (QED) is 0.396. The Morgan fingerprint density at radius 1 is 1.00 bits per heavy atom. The minimum absolute atomic E-state index is 0.0107. The number of aromatic carboxylic acids is 1. The molecule has 1 aliphatic carbocycles. The van der Waals surface area contributed by atoms with E-state index < -0.39 is 23.8 Å². The van der Waals surface area contributed by atoms with E-state index in [2.05, 4.69) is 24.3 Å². The number of amides is 2. The highest BCUT2D eigenvalue weighted by Crippen LogP contribution is 2.44. The molecule has 0 bridgehead atoms. The van der Waals surface area contributed by atoms with Crippen molar-refractivity contribution in [1.82, 2.24) is 9.80 Å². The van der Waals surface area contributed by atoms with E-state index in [0.29, 0.717) is 25.1 Å². The third-order valence-electron chi connectivity index (χ3n) is 7.26. The Bertz CT molecular complexity index is 1360. The molecule has 9 nitrogen and oxygen atoms in total. The zero-order valence-electron chi connectivity index (χ0n) is 23.0. The molecule has 1 N–H and O–H groups in total. The molecular weight excluding hydrogens is 512 g/mol. The number of piperidine rings is 1. The van der Waals surface area contributed by atoms with Crippen LogP contribution in [0.1, 0.15) is 67.0 Å². The number of carbonyl (C=O) groups is 3. The number of hydrogen-bond donors (Lipinski definition) is 1. The molecule has 1 unspecified atom stereocenters. The summed E-state index contributed by atoms with van der Waals surface area (Å²) in [5, 5.41) is 9.29. The second kappa shape index (κ2) is 11.1. The molecule has 1 aromatic heterocycles. The predicted octanol–water partition coefficient (Wildman–Crippen LogP) is 6.13. The number of carboxylic acid groups (broad SMARTS) is 1. The van der Waals surface area contributed by atoms with Gasteiger partial charge in [-0.15, -0.1) is 0 Å². The van der Waals surface area contributed by atoms with Gasteiger partial charge in [0.15, 0.2) is 0 Å². The van der Waals surface area contributed by atoms with Crippen LogP contribution in [0.4, 0.5) is 9.59 Å². The topological polar surface area (TPSA) is 110 Å². The Hall–Kier alpha value is -4.27. The van der Waals surface area contributed by atoms with Crippen molar-refractivity contribution in [2.75, 3.05) is 19.7 Å². The lowest BCUT2D eigenvalue weighted by Gasteiger charge is -2.39. The molecule has 1 saturated heterocycles. The summed E-state index contributed by atoms with van der Waals surface area (Å²) < 4.78 is 17.0. The fourth-order valence-corrected chi connectivity index (χ4v) is 5.47. The molecule has 210 valence electrons. The first kappa shape index (κ1) is 27.3. The normalized spacial score (nSPS) is 16.7. The van der Waals surface area contributed by atoms with Crippen LogP contribution in [-0.4, -0.2) is 64.4 Å². The van der Waals surface area contributed by atoms with E-state index in [-0.39, 0.29) is 37.4 Å². The molecule has 2 amide bonds. The van der Waals surface area contributed by atoms with E-state index in [1.165, 1.54) is 11.0 Å². The van der Waals surface area contributed by atoms with E-state index in [0.717, 1.165) is 22.3 Å². The van der Waals surface area contributed by atoms with E-state index in [4.69, 9.17) is 13.9 Å². The summed E-state index contributed by atoms with van der Waals surface area (Å²) in [6.07, 6.45) is 0.341. The molecule has 1 atom stereocenters. The zero-order valence-corrected chi connectivity index (χ0v) is 23.0. The van der Waals surface area contributed by atoms with Crippen molar-refractivity contribution in [3.05, 3.63) is 83.3 Å². The lowest BCUT2D eigenvalue weighted by Crippen LogP contribution is -2.52. The lowest BCUT2D eigenvalue weighted by atomic mass is 9.98. The van der Waals surface area contributed by atoms with Crippen LogP contribution < -0.4 is 0 Å². The van der Waals surface area contributed by atoms with Crippen LogP contribution in [0.2, 0.25) is 0 Å². The molecule has 5 rings (SSSR count). The smallest absolute Gasteiger partial charge is 0.410 e. The van der Waals surface area contributed by atoms with Gasteiger partial charge in [-0.25, -0.2) is 14.4 Å². The average molecular weight is 547 g/mol. The number of benzene rings is 2. The van der Waals surface area contributed by atoms with Gasteiger partial charge >= 0.3 is 18.2 Å². The number of hydrogen-bond acceptors (Lipinski definition) is 6. The van der Waals surface area contributed by atoms with Crippen LogP contribution in [0.5, 0.6) is 0 Å². The second-order valence-corrected chi connectivity index (χ2v) is 11.2. The highest BCUT2D eigenvalue weighted by atomic mass is 16.6. The molecular formula is C31H34N2O7. The van der Waals surface area contributed by atoms with E-state index in [1.807, 2.05) is 45.0 Å². The first-order valence-corrected chi connectivity index (χ1v) is 13.5. The number of fused-ring (bicyclic) bond motifs is 3. The van der Waals surface area contributed by atoms with Gasteiger partial charge < -0.3 is 23.9 Å². The standard InChI is InChI=1S/C31H34N2O7/c1-31(2,3)40-29(36)32-16-8-9-20(17-32)33(18-21-14-15-27(39-21)28(34)35)30(37)38-19-26-24-12-6-4-10-22(24)23-11-5-7-13-25(23)26/h4-7,10-15,20,26H,8-9,16-19H2,1-3H3,(H,34,35). The van der Waals surface area contributed by atoms with Crippen molar-refractivity contribution in [1.29, 1.82) is 0 Å². The Balaban J connectivity index is 1.36. The van der Waals surface area contributed by atoms with Crippen LogP contribution in [0, 0.1) is 0 Å². The van der Waals surface area contributed by atoms with Gasteiger partial charge in [0.05, 0.1) is 12.6 Å². The summed E-state index contributed by atoms with van der Waals surface area (Å²) in [5.41, 5.74) is 3.84. The molecule has 2 aliphatic rings. The van der Waals surface area contributed by atoms with Crippen LogP contribution in [-0.2, 0) is 16.0 Å². The van der Waals surface area contributed by atoms with E-state index in [9.17, 15) is 19.5 Å². The van der Waals surface area contributed by atoms with Crippen LogP contribution in [0.15, 0.2) is 65.1 Å². The summed E-state index contributed by atoms with van der Waals surface area (Å²) >= 11 is 0. The summed E-state index contributed by atoms with van der Waals surface area (Å²) in [4.78, 5) is 41.0. The average Bonchev–Trinajstić information content (AvgIpc) is 3.53. The molecule has 0 saturated carbocycles. The molecule has 9 heteroatoms. The third-order valence-corrected chi connectivity index (χ3v) is 7.26. The maximum Gasteiger partial charge on any atom is 0.410 e. The molecule has 0 spiro atoms. The summed E-state index contributed by atoms with van der Waals surface area (Å²) in [5.74, 6) is -1.18. The van der Waals surface area contributed by atoms with Gasteiger partial charge in [0.25, 0.3) is 0 Å². The molecule has 1 aliphatic heterocycles. The molecule has 2 heterocycles. The van der Waals surface area contributed by atoms with Gasteiger partial charge in [-0.05, 0) is 68.0 Å². The maximum atomic E-state index is 13.7. The second-order valence-electron chi connectivity index (χ2n) is 11.2. The van der Waals surface area contributed by atoms with Crippen LogP contribution >= 0.6 is 0 Å². The SMILES string of the molecule is CC(C)(C)OC(=O)N1CCCC(N(Cc2ccc(C(=O)O)o2)C(=O)OCC2c3ccccc3-c3ccccc32)C1. The molecule has 3 aromatic rings. The van der Waals surface area contributed by atoms with Crippen molar-refractivity contribution in [2.24, 2.45) is 0 Å². The first-order chi connectivity index (χ1) is 19.1. The maximum absolute atomic E-state index is 13.7. The Kier molecular flexibility index (Phi) is 7.56. The lowest BCUT2D eigenvalue weighted by molar-refractivity contribution is 0.00728. The Morgan fingerprint density at radius 3 is 2.25 bits per heavy atom.